The molecule has 0 saturated carbocycles. The minimum absolute atomic E-state index is 0.00792. The number of thiophene rings is 1. The zero-order valence-electron chi connectivity index (χ0n) is 9.27. The van der Waals surface area contributed by atoms with E-state index in [1.807, 2.05) is 17.5 Å². The second-order valence-corrected chi connectivity index (χ2v) is 5.16. The number of carbonyl (C=O) groups excluding carboxylic acids is 2. The molecule has 1 saturated heterocycles. The largest absolute Gasteiger partial charge is 0.325 e. The normalized spacial score (nSPS) is 18.1. The van der Waals surface area contributed by atoms with Gasteiger partial charge in [0, 0.05) is 4.88 Å². The molecule has 1 N–H and O–H groups in total. The Morgan fingerprint density at radius 3 is 2.62 bits per heavy atom. The predicted molar refractivity (Wildman–Crippen MR) is 62.1 cm³/mol. The van der Waals surface area contributed by atoms with E-state index >= 15 is 0 Å². The number of nitrogens with zero attached hydrogens (tertiary/aromatic N) is 1. The zero-order valence-corrected chi connectivity index (χ0v) is 10.1. The van der Waals surface area contributed by atoms with Crippen LogP contribution in [0, 0.1) is 5.92 Å². The topological polar surface area (TPSA) is 49.4 Å². The van der Waals surface area contributed by atoms with Crippen LogP contribution in [-0.4, -0.2) is 23.4 Å². The summed E-state index contributed by atoms with van der Waals surface area (Å²) >= 11 is 1.62. The lowest BCUT2D eigenvalue weighted by atomic mass is 10.0. The van der Waals surface area contributed by atoms with Crippen LogP contribution in [0.3, 0.4) is 0 Å². The number of rotatable bonds is 3. The van der Waals surface area contributed by atoms with Crippen molar-refractivity contribution in [2.45, 2.75) is 19.9 Å². The molecule has 5 heteroatoms. The van der Waals surface area contributed by atoms with Gasteiger partial charge in [-0.3, -0.25) is 10.1 Å². The van der Waals surface area contributed by atoms with Crippen molar-refractivity contribution < 1.29 is 9.59 Å². The van der Waals surface area contributed by atoms with Crippen molar-refractivity contribution in [1.29, 1.82) is 0 Å². The predicted octanol–water partition coefficient (Wildman–Crippen LogP) is 2.00. The van der Waals surface area contributed by atoms with E-state index in [0.717, 1.165) is 4.88 Å². The van der Waals surface area contributed by atoms with Crippen molar-refractivity contribution in [3.05, 3.63) is 22.4 Å². The number of imide groups is 1. The Labute approximate surface area is 98.3 Å². The van der Waals surface area contributed by atoms with Gasteiger partial charge in [-0.05, 0) is 17.4 Å². The number of carbonyl (C=O) groups is 2. The molecule has 4 nitrogen and oxygen atoms in total. The Balaban J connectivity index is 2.27. The number of urea groups is 1. The van der Waals surface area contributed by atoms with Crippen LogP contribution in [0.15, 0.2) is 17.5 Å². The van der Waals surface area contributed by atoms with Gasteiger partial charge in [-0.15, -0.1) is 11.3 Å². The van der Waals surface area contributed by atoms with E-state index in [0.29, 0.717) is 0 Å². The van der Waals surface area contributed by atoms with Crippen LogP contribution in [0.2, 0.25) is 0 Å². The Hall–Kier alpha value is -1.36. The summed E-state index contributed by atoms with van der Waals surface area (Å²) in [6.07, 6.45) is 0. The molecule has 1 aromatic rings. The van der Waals surface area contributed by atoms with E-state index in [-0.39, 0.29) is 30.4 Å². The second kappa shape index (κ2) is 4.25. The summed E-state index contributed by atoms with van der Waals surface area (Å²) in [6.45, 7) is 4.28. The monoisotopic (exact) mass is 238 g/mol. The highest BCUT2D eigenvalue weighted by Gasteiger charge is 2.35. The van der Waals surface area contributed by atoms with Gasteiger partial charge in [0.2, 0.25) is 5.91 Å². The first-order chi connectivity index (χ1) is 7.59. The van der Waals surface area contributed by atoms with Gasteiger partial charge >= 0.3 is 6.03 Å². The molecule has 1 fully saturated rings. The highest BCUT2D eigenvalue weighted by atomic mass is 32.1. The van der Waals surface area contributed by atoms with Gasteiger partial charge in [0.25, 0.3) is 0 Å². The van der Waals surface area contributed by atoms with Crippen LogP contribution >= 0.6 is 11.3 Å². The first-order valence-electron chi connectivity index (χ1n) is 5.23. The number of hydrogen-bond acceptors (Lipinski definition) is 3. The van der Waals surface area contributed by atoms with Crippen LogP contribution in [0.5, 0.6) is 0 Å². The lowest BCUT2D eigenvalue weighted by Gasteiger charge is -2.28. The summed E-state index contributed by atoms with van der Waals surface area (Å²) < 4.78 is 0. The number of amides is 3. The molecule has 0 bridgehead atoms. The molecule has 3 amide bonds. The standard InChI is InChI=1S/C11H14N2O2S/c1-7(2)10(8-4-3-5-16-8)13-6-9(14)12-11(13)15/h3-5,7,10H,6H2,1-2H3,(H,12,14,15). The van der Waals surface area contributed by atoms with E-state index in [4.69, 9.17) is 0 Å². The number of hydrogen-bond donors (Lipinski definition) is 1. The molecule has 0 radical (unpaired) electrons. The van der Waals surface area contributed by atoms with Crippen molar-refractivity contribution >= 4 is 23.3 Å². The zero-order chi connectivity index (χ0) is 11.7. The van der Waals surface area contributed by atoms with Crippen LogP contribution in [0.25, 0.3) is 0 Å². The van der Waals surface area contributed by atoms with Crippen LogP contribution < -0.4 is 5.32 Å². The summed E-state index contributed by atoms with van der Waals surface area (Å²) in [7, 11) is 0. The molecule has 1 aromatic heterocycles. The summed E-state index contributed by atoms with van der Waals surface area (Å²) in [4.78, 5) is 25.5. The maximum atomic E-state index is 11.6. The number of nitrogens with one attached hydrogen (secondary N) is 1. The molecule has 1 unspecified atom stereocenters. The molecular weight excluding hydrogens is 224 g/mol. The molecular formula is C11H14N2O2S. The summed E-state index contributed by atoms with van der Waals surface area (Å²) in [5.41, 5.74) is 0. The first-order valence-corrected chi connectivity index (χ1v) is 6.11. The highest BCUT2D eigenvalue weighted by Crippen LogP contribution is 2.32. The minimum Gasteiger partial charge on any atom is -0.307 e. The summed E-state index contributed by atoms with van der Waals surface area (Å²) in [5.74, 6) is 0.0718. The fraction of sp³-hybridized carbons (Fsp3) is 0.455. The molecule has 1 atom stereocenters. The third kappa shape index (κ3) is 1.95. The van der Waals surface area contributed by atoms with Crippen molar-refractivity contribution in [3.63, 3.8) is 0 Å². The Morgan fingerprint density at radius 2 is 2.19 bits per heavy atom. The van der Waals surface area contributed by atoms with E-state index < -0.39 is 0 Å². The maximum absolute atomic E-state index is 11.6. The molecule has 86 valence electrons. The molecule has 0 aliphatic carbocycles. The van der Waals surface area contributed by atoms with E-state index in [2.05, 4.69) is 19.2 Å². The average Bonchev–Trinajstić information content (AvgIpc) is 2.78. The fourth-order valence-corrected chi connectivity index (χ4v) is 2.99. The van der Waals surface area contributed by atoms with Crippen LogP contribution in [0.1, 0.15) is 24.8 Å². The van der Waals surface area contributed by atoms with Gasteiger partial charge in [-0.25, -0.2) is 4.79 Å². The van der Waals surface area contributed by atoms with Gasteiger partial charge in [-0.1, -0.05) is 19.9 Å². The SMILES string of the molecule is CC(C)C(c1cccs1)N1CC(=O)NC1=O. The fourth-order valence-electron chi connectivity index (χ4n) is 1.98. The third-order valence-corrected chi connectivity index (χ3v) is 3.57. The average molecular weight is 238 g/mol. The van der Waals surface area contributed by atoms with Crippen LogP contribution in [0.4, 0.5) is 4.79 Å². The summed E-state index contributed by atoms with van der Waals surface area (Å²) in [6, 6.07) is 3.68. The lowest BCUT2D eigenvalue weighted by Crippen LogP contribution is -2.34. The molecule has 0 aromatic carbocycles. The van der Waals surface area contributed by atoms with Gasteiger partial charge in [-0.2, -0.15) is 0 Å². The van der Waals surface area contributed by atoms with Gasteiger partial charge in [0.1, 0.15) is 6.54 Å². The van der Waals surface area contributed by atoms with Crippen molar-refractivity contribution in [1.82, 2.24) is 10.2 Å². The Bertz CT molecular complexity index is 400. The molecule has 1 aliphatic rings. The van der Waals surface area contributed by atoms with Crippen LogP contribution in [-0.2, 0) is 4.79 Å². The molecule has 2 heterocycles. The minimum atomic E-state index is -0.280. The third-order valence-electron chi connectivity index (χ3n) is 2.62. The molecule has 0 spiro atoms. The van der Waals surface area contributed by atoms with E-state index in [1.54, 1.807) is 16.2 Å². The Morgan fingerprint density at radius 1 is 1.44 bits per heavy atom. The van der Waals surface area contributed by atoms with Gasteiger partial charge < -0.3 is 4.90 Å². The van der Waals surface area contributed by atoms with Gasteiger partial charge in [0.05, 0.1) is 6.04 Å². The van der Waals surface area contributed by atoms with Crippen molar-refractivity contribution in [2.24, 2.45) is 5.92 Å². The second-order valence-electron chi connectivity index (χ2n) is 4.19. The Kier molecular flexibility index (Phi) is 2.96. The summed E-state index contributed by atoms with van der Waals surface area (Å²) in [5, 5.41) is 4.30. The van der Waals surface area contributed by atoms with Crippen molar-refractivity contribution in [3.8, 4) is 0 Å². The maximum Gasteiger partial charge on any atom is 0.325 e. The van der Waals surface area contributed by atoms with E-state index in [1.165, 1.54) is 0 Å². The smallest absolute Gasteiger partial charge is 0.307 e. The quantitative estimate of drug-likeness (QED) is 0.819. The lowest BCUT2D eigenvalue weighted by molar-refractivity contribution is -0.118. The van der Waals surface area contributed by atoms with Crippen molar-refractivity contribution in [2.75, 3.05) is 6.54 Å². The molecule has 16 heavy (non-hydrogen) atoms. The van der Waals surface area contributed by atoms with E-state index in [9.17, 15) is 9.59 Å². The highest BCUT2D eigenvalue weighted by molar-refractivity contribution is 7.10. The first kappa shape index (κ1) is 11.1. The molecule has 1 aliphatic heterocycles. The van der Waals surface area contributed by atoms with Gasteiger partial charge in [0.15, 0.2) is 0 Å². The molecule has 2 rings (SSSR count).